The van der Waals surface area contributed by atoms with E-state index in [0.717, 1.165) is 6.26 Å². The molecule has 0 aromatic heterocycles. The lowest BCUT2D eigenvalue weighted by molar-refractivity contribution is -0.135. The first-order chi connectivity index (χ1) is 3.68. The standard InChI is InChI=1S/C4H6O2S2/c1-2-6-3(5)4(7)8/h2,4,7-8H,1H2. The Morgan fingerprint density at radius 1 is 1.75 bits per heavy atom. The topological polar surface area (TPSA) is 26.3 Å². The molecule has 0 aliphatic heterocycles. The molecule has 0 bridgehead atoms. The highest BCUT2D eigenvalue weighted by atomic mass is 32.2. The summed E-state index contributed by atoms with van der Waals surface area (Å²) in [6, 6.07) is 0. The van der Waals surface area contributed by atoms with Gasteiger partial charge in [-0.1, -0.05) is 6.58 Å². The third-order valence-corrected chi connectivity index (χ3v) is 0.832. The van der Waals surface area contributed by atoms with Crippen LogP contribution in [0.2, 0.25) is 0 Å². The van der Waals surface area contributed by atoms with Gasteiger partial charge in [-0.25, -0.2) is 4.79 Å². The van der Waals surface area contributed by atoms with Crippen LogP contribution in [0.1, 0.15) is 0 Å². The van der Waals surface area contributed by atoms with Crippen molar-refractivity contribution in [2.45, 2.75) is 4.58 Å². The quantitative estimate of drug-likeness (QED) is 0.264. The van der Waals surface area contributed by atoms with Crippen molar-refractivity contribution < 1.29 is 9.53 Å². The number of rotatable bonds is 2. The largest absolute Gasteiger partial charge is 0.434 e. The van der Waals surface area contributed by atoms with Crippen LogP contribution in [0.5, 0.6) is 0 Å². The summed E-state index contributed by atoms with van der Waals surface area (Å²) >= 11 is 7.34. The molecule has 0 radical (unpaired) electrons. The molecule has 0 unspecified atom stereocenters. The number of hydrogen-bond acceptors (Lipinski definition) is 4. The maximum atomic E-state index is 10.3. The molecule has 0 spiro atoms. The molecule has 0 saturated carbocycles. The smallest absolute Gasteiger partial charge is 0.333 e. The zero-order valence-corrected chi connectivity index (χ0v) is 5.86. The number of carbonyl (C=O) groups excluding carboxylic acids is 1. The highest BCUT2D eigenvalue weighted by Gasteiger charge is 2.06. The van der Waals surface area contributed by atoms with E-state index in [2.05, 4.69) is 36.6 Å². The Labute approximate surface area is 58.7 Å². The molecule has 0 amide bonds. The second-order valence-corrected chi connectivity index (χ2v) is 2.42. The van der Waals surface area contributed by atoms with Crippen LogP contribution in [0.25, 0.3) is 0 Å². The number of carbonyl (C=O) groups is 1. The molecule has 2 nitrogen and oxygen atoms in total. The van der Waals surface area contributed by atoms with Gasteiger partial charge in [0, 0.05) is 0 Å². The minimum absolute atomic E-state index is 0.508. The van der Waals surface area contributed by atoms with Gasteiger partial charge in [0.2, 0.25) is 0 Å². The van der Waals surface area contributed by atoms with E-state index >= 15 is 0 Å². The second kappa shape index (κ2) is 3.86. The average molecular weight is 150 g/mol. The fourth-order valence-corrected chi connectivity index (χ4v) is 0.265. The van der Waals surface area contributed by atoms with E-state index in [0.29, 0.717) is 0 Å². The maximum Gasteiger partial charge on any atom is 0.333 e. The van der Waals surface area contributed by atoms with Gasteiger partial charge in [-0.05, 0) is 0 Å². The number of hydrogen-bond donors (Lipinski definition) is 2. The Morgan fingerprint density at radius 2 is 2.25 bits per heavy atom. The highest BCUT2D eigenvalue weighted by Crippen LogP contribution is 2.01. The predicted octanol–water partition coefficient (Wildman–Crippen LogP) is 0.859. The number of ether oxygens (including phenoxy) is 1. The summed E-state index contributed by atoms with van der Waals surface area (Å²) in [5.74, 6) is -0.508. The van der Waals surface area contributed by atoms with Crippen molar-refractivity contribution in [2.75, 3.05) is 0 Å². The molecule has 0 fully saturated rings. The summed E-state index contributed by atoms with van der Waals surface area (Å²) in [4.78, 5) is 10.3. The molecule has 0 atom stereocenters. The third-order valence-electron chi connectivity index (χ3n) is 0.410. The van der Waals surface area contributed by atoms with E-state index < -0.39 is 10.6 Å². The van der Waals surface area contributed by atoms with Gasteiger partial charge in [0.1, 0.15) is 4.58 Å². The molecule has 0 aliphatic rings. The molecule has 4 heteroatoms. The Balaban J connectivity index is 3.48. The minimum atomic E-state index is -0.673. The van der Waals surface area contributed by atoms with Crippen LogP contribution in [0.3, 0.4) is 0 Å². The van der Waals surface area contributed by atoms with Crippen molar-refractivity contribution in [1.29, 1.82) is 0 Å². The van der Waals surface area contributed by atoms with Crippen molar-refractivity contribution in [3.8, 4) is 0 Å². The van der Waals surface area contributed by atoms with E-state index in [-0.39, 0.29) is 0 Å². The van der Waals surface area contributed by atoms with Crippen LogP contribution < -0.4 is 0 Å². The molecule has 0 N–H and O–H groups in total. The van der Waals surface area contributed by atoms with Crippen LogP contribution in [0, 0.1) is 0 Å². The molecular formula is C4H6O2S2. The summed E-state index contributed by atoms with van der Waals surface area (Å²) in [6.45, 7) is 3.17. The Kier molecular flexibility index (Phi) is 3.81. The molecule has 0 heterocycles. The van der Waals surface area contributed by atoms with Crippen LogP contribution >= 0.6 is 25.3 Å². The molecule has 0 aromatic carbocycles. The molecule has 0 aliphatic carbocycles. The van der Waals surface area contributed by atoms with Gasteiger partial charge in [-0.2, -0.15) is 25.3 Å². The van der Waals surface area contributed by atoms with Gasteiger partial charge in [-0.15, -0.1) is 0 Å². The SMILES string of the molecule is C=COC(=O)C(S)S. The summed E-state index contributed by atoms with van der Waals surface area (Å²) in [7, 11) is 0. The second-order valence-electron chi connectivity index (χ2n) is 0.977. The van der Waals surface area contributed by atoms with E-state index in [1.165, 1.54) is 0 Å². The summed E-state index contributed by atoms with van der Waals surface area (Å²) in [5.41, 5.74) is 0. The monoisotopic (exact) mass is 150 g/mol. The number of thiol groups is 2. The number of esters is 1. The molecule has 0 rings (SSSR count). The van der Waals surface area contributed by atoms with Gasteiger partial charge >= 0.3 is 5.97 Å². The average Bonchev–Trinajstić information content (AvgIpc) is 1.67. The van der Waals surface area contributed by atoms with Crippen molar-refractivity contribution in [3.63, 3.8) is 0 Å². The van der Waals surface area contributed by atoms with E-state index in [4.69, 9.17) is 0 Å². The lowest BCUT2D eigenvalue weighted by Crippen LogP contribution is -2.08. The summed E-state index contributed by atoms with van der Waals surface area (Å²) in [6.07, 6.45) is 1.04. The van der Waals surface area contributed by atoms with Gasteiger partial charge in [0.05, 0.1) is 6.26 Å². The van der Waals surface area contributed by atoms with Gasteiger partial charge in [0.15, 0.2) is 0 Å². The van der Waals surface area contributed by atoms with Crippen molar-refractivity contribution in [1.82, 2.24) is 0 Å². The molecule has 0 saturated heterocycles. The van der Waals surface area contributed by atoms with Gasteiger partial charge in [0.25, 0.3) is 0 Å². The first-order valence-corrected chi connectivity index (χ1v) is 2.89. The fraction of sp³-hybridized carbons (Fsp3) is 0.250. The maximum absolute atomic E-state index is 10.3. The minimum Gasteiger partial charge on any atom is -0.434 e. The Bertz CT molecular complexity index is 100. The van der Waals surface area contributed by atoms with Crippen LogP contribution in [-0.4, -0.2) is 10.6 Å². The molecule has 46 valence electrons. The summed E-state index contributed by atoms with van der Waals surface area (Å²) < 4.78 is 3.60. The van der Waals surface area contributed by atoms with Crippen LogP contribution in [0.4, 0.5) is 0 Å². The van der Waals surface area contributed by atoms with E-state index in [1.54, 1.807) is 0 Å². The Morgan fingerprint density at radius 3 is 2.38 bits per heavy atom. The first kappa shape index (κ1) is 7.91. The van der Waals surface area contributed by atoms with E-state index in [1.807, 2.05) is 0 Å². The van der Waals surface area contributed by atoms with Gasteiger partial charge < -0.3 is 4.74 Å². The highest BCUT2D eigenvalue weighted by molar-refractivity contribution is 8.00. The van der Waals surface area contributed by atoms with Crippen molar-refractivity contribution in [3.05, 3.63) is 12.8 Å². The first-order valence-electron chi connectivity index (χ1n) is 1.86. The zero-order chi connectivity index (χ0) is 6.57. The zero-order valence-electron chi connectivity index (χ0n) is 4.07. The Hall–Kier alpha value is -0.0900. The predicted molar refractivity (Wildman–Crippen MR) is 38.0 cm³/mol. The lowest BCUT2D eigenvalue weighted by atomic mass is 10.8. The third kappa shape index (κ3) is 2.98. The van der Waals surface area contributed by atoms with E-state index in [9.17, 15) is 4.79 Å². The fourth-order valence-electron chi connectivity index (χ4n) is 0.143. The molecule has 8 heavy (non-hydrogen) atoms. The van der Waals surface area contributed by atoms with Crippen LogP contribution in [-0.2, 0) is 9.53 Å². The van der Waals surface area contributed by atoms with Gasteiger partial charge in [-0.3, -0.25) is 0 Å². The summed E-state index contributed by atoms with van der Waals surface area (Å²) in [5, 5.41) is 0. The lowest BCUT2D eigenvalue weighted by Gasteiger charge is -1.97. The molecular weight excluding hydrogens is 144 g/mol. The van der Waals surface area contributed by atoms with Crippen molar-refractivity contribution >= 4 is 31.2 Å². The van der Waals surface area contributed by atoms with Crippen molar-refractivity contribution in [2.24, 2.45) is 0 Å². The van der Waals surface area contributed by atoms with Crippen LogP contribution in [0.15, 0.2) is 12.8 Å². The molecule has 0 aromatic rings. The normalized spacial score (nSPS) is 8.88.